The van der Waals surface area contributed by atoms with Gasteiger partial charge in [0.25, 0.3) is 11.8 Å². The van der Waals surface area contributed by atoms with Crippen LogP contribution in [0, 0.1) is 0 Å². The lowest BCUT2D eigenvalue weighted by Gasteiger charge is -2.28. The zero-order chi connectivity index (χ0) is 37.8. The van der Waals surface area contributed by atoms with Gasteiger partial charge < -0.3 is 31.5 Å². The summed E-state index contributed by atoms with van der Waals surface area (Å²) in [4.78, 5) is 86.3. The highest BCUT2D eigenvalue weighted by Crippen LogP contribution is 2.07. The third kappa shape index (κ3) is 18.2. The van der Waals surface area contributed by atoms with Crippen molar-refractivity contribution >= 4 is 41.6 Å². The molecule has 1 unspecified atom stereocenters. The maximum absolute atomic E-state index is 12.9. The number of carboxylic acid groups (broad SMARTS) is 4. The highest BCUT2D eigenvalue weighted by Gasteiger charge is 2.20. The summed E-state index contributed by atoms with van der Waals surface area (Å²) in [5.41, 5.74) is 12.6. The van der Waals surface area contributed by atoms with Crippen LogP contribution in [-0.4, -0.2) is 142 Å². The highest BCUT2D eigenvalue weighted by atomic mass is 16.4. The van der Waals surface area contributed by atoms with Crippen molar-refractivity contribution in [3.63, 3.8) is 0 Å². The molecule has 3 amide bonds. The molecule has 2 rings (SSSR count). The van der Waals surface area contributed by atoms with Crippen LogP contribution in [0.15, 0.2) is 54.6 Å². The van der Waals surface area contributed by atoms with E-state index in [-0.39, 0.29) is 44.8 Å². The van der Waals surface area contributed by atoms with Crippen molar-refractivity contribution < 1.29 is 54.0 Å². The summed E-state index contributed by atoms with van der Waals surface area (Å²) in [6, 6.07) is 15.1. The average molecular weight is 716 g/mol. The molecule has 9 N–H and O–H groups in total. The molecule has 0 radical (unpaired) electrons. The van der Waals surface area contributed by atoms with Crippen LogP contribution in [0.5, 0.6) is 0 Å². The summed E-state index contributed by atoms with van der Waals surface area (Å²) >= 11 is 0. The van der Waals surface area contributed by atoms with E-state index in [1.807, 2.05) is 30.3 Å². The summed E-state index contributed by atoms with van der Waals surface area (Å²) in [7, 11) is 0. The van der Waals surface area contributed by atoms with Gasteiger partial charge >= 0.3 is 23.9 Å². The van der Waals surface area contributed by atoms with Crippen LogP contribution in [0.25, 0.3) is 0 Å². The number of benzene rings is 2. The smallest absolute Gasteiger partial charge is 0.317 e. The van der Waals surface area contributed by atoms with Gasteiger partial charge in [-0.3, -0.25) is 59.1 Å². The number of hydrazine groups is 1. The number of hydrogen-bond acceptors (Lipinski definition) is 11. The number of rotatable bonds is 24. The van der Waals surface area contributed by atoms with Crippen molar-refractivity contribution in [3.05, 3.63) is 71.3 Å². The summed E-state index contributed by atoms with van der Waals surface area (Å²) in [6.45, 7) is -2.57. The Balaban J connectivity index is 1.90. The molecular weight excluding hydrogens is 670 g/mol. The molecule has 0 aliphatic rings. The Bertz CT molecular complexity index is 1400. The molecule has 0 aromatic heterocycles. The van der Waals surface area contributed by atoms with Crippen molar-refractivity contribution in [2.75, 3.05) is 58.9 Å². The number of hydrogen-bond donors (Lipinski definition) is 8. The van der Waals surface area contributed by atoms with Crippen LogP contribution < -0.4 is 21.9 Å². The second-order valence-corrected chi connectivity index (χ2v) is 11.7. The quantitative estimate of drug-likeness (QED) is 0.0584. The topological polar surface area (TPSA) is 272 Å². The number of amides is 3. The maximum Gasteiger partial charge on any atom is 0.317 e. The third-order valence-electron chi connectivity index (χ3n) is 7.43. The summed E-state index contributed by atoms with van der Waals surface area (Å²) in [5.74, 6) is -6.60. The first-order valence-electron chi connectivity index (χ1n) is 16.0. The predicted octanol–water partition coefficient (Wildman–Crippen LogP) is -1.34. The van der Waals surface area contributed by atoms with Gasteiger partial charge in [-0.05, 0) is 42.5 Å². The highest BCUT2D eigenvalue weighted by molar-refractivity contribution is 5.95. The Morgan fingerprint density at radius 1 is 0.608 bits per heavy atom. The van der Waals surface area contributed by atoms with Crippen LogP contribution in [-0.2, 0) is 41.7 Å². The molecule has 0 bridgehead atoms. The Kier molecular flexibility index (Phi) is 18.3. The van der Waals surface area contributed by atoms with Gasteiger partial charge in [0, 0.05) is 38.3 Å². The van der Waals surface area contributed by atoms with Gasteiger partial charge in [-0.15, -0.1) is 0 Å². The van der Waals surface area contributed by atoms with Crippen LogP contribution in [0.4, 0.5) is 0 Å². The van der Waals surface area contributed by atoms with E-state index in [0.717, 1.165) is 21.8 Å². The zero-order valence-corrected chi connectivity index (χ0v) is 28.0. The van der Waals surface area contributed by atoms with Gasteiger partial charge in [0.15, 0.2) is 0 Å². The minimum Gasteiger partial charge on any atom is -0.480 e. The van der Waals surface area contributed by atoms with Crippen molar-refractivity contribution in [1.82, 2.24) is 30.9 Å². The SMILES string of the molecule is NC(CCCc1ccccc1)C(=O)NNC(=O)c1ccc(CNC(=O)CN(CCN(CC(=O)O)CC(=O)O)CCN(CC(=O)O)CC(=O)O)cc1. The van der Waals surface area contributed by atoms with Crippen molar-refractivity contribution in [2.24, 2.45) is 5.73 Å². The normalized spacial score (nSPS) is 11.6. The average Bonchev–Trinajstić information content (AvgIpc) is 3.06. The van der Waals surface area contributed by atoms with Crippen LogP contribution in [0.3, 0.4) is 0 Å². The minimum absolute atomic E-state index is 0.0148. The fourth-order valence-electron chi connectivity index (χ4n) is 4.85. The van der Waals surface area contributed by atoms with E-state index in [1.165, 1.54) is 17.0 Å². The molecule has 278 valence electrons. The number of carbonyl (C=O) groups is 7. The number of carboxylic acids is 4. The van der Waals surface area contributed by atoms with E-state index in [4.69, 9.17) is 26.2 Å². The predicted molar refractivity (Wildman–Crippen MR) is 181 cm³/mol. The monoisotopic (exact) mass is 715 g/mol. The number of carbonyl (C=O) groups excluding carboxylic acids is 3. The molecule has 2 aromatic rings. The molecule has 2 aromatic carbocycles. The maximum atomic E-state index is 12.9. The van der Waals surface area contributed by atoms with E-state index in [9.17, 15) is 33.6 Å². The molecule has 0 saturated carbocycles. The second kappa shape index (κ2) is 22.3. The first-order chi connectivity index (χ1) is 24.2. The molecule has 0 fully saturated rings. The molecule has 0 spiro atoms. The fourth-order valence-corrected chi connectivity index (χ4v) is 4.85. The van der Waals surface area contributed by atoms with Crippen molar-refractivity contribution in [3.8, 4) is 0 Å². The molecular formula is C33H45N7O11. The molecule has 18 heteroatoms. The summed E-state index contributed by atoms with van der Waals surface area (Å²) < 4.78 is 0. The Morgan fingerprint density at radius 2 is 1.10 bits per heavy atom. The third-order valence-corrected chi connectivity index (χ3v) is 7.43. The minimum atomic E-state index is -1.25. The van der Waals surface area contributed by atoms with Gasteiger partial charge in [0.05, 0.1) is 38.8 Å². The lowest BCUT2D eigenvalue weighted by atomic mass is 10.0. The number of aliphatic carboxylic acids is 4. The lowest BCUT2D eigenvalue weighted by molar-refractivity contribution is -0.143. The zero-order valence-electron chi connectivity index (χ0n) is 28.0. The van der Waals surface area contributed by atoms with E-state index in [1.54, 1.807) is 12.1 Å². The van der Waals surface area contributed by atoms with Crippen molar-refractivity contribution in [2.45, 2.75) is 31.8 Å². The number of nitrogens with one attached hydrogen (secondary N) is 3. The Hall–Kier alpha value is -5.43. The molecule has 51 heavy (non-hydrogen) atoms. The molecule has 0 heterocycles. The molecule has 18 nitrogen and oxygen atoms in total. The largest absolute Gasteiger partial charge is 0.480 e. The van der Waals surface area contributed by atoms with E-state index in [0.29, 0.717) is 18.4 Å². The Morgan fingerprint density at radius 3 is 1.59 bits per heavy atom. The van der Waals surface area contributed by atoms with E-state index >= 15 is 0 Å². The lowest BCUT2D eigenvalue weighted by Crippen LogP contribution is -2.49. The first kappa shape index (κ1) is 41.7. The van der Waals surface area contributed by atoms with Gasteiger partial charge in [-0.25, -0.2) is 0 Å². The van der Waals surface area contributed by atoms with Crippen LogP contribution in [0.2, 0.25) is 0 Å². The number of aryl methyl sites for hydroxylation is 1. The van der Waals surface area contributed by atoms with E-state index < -0.39 is 73.8 Å². The van der Waals surface area contributed by atoms with Gasteiger partial charge in [0.1, 0.15) is 0 Å². The van der Waals surface area contributed by atoms with Crippen LogP contribution in [0.1, 0.15) is 34.3 Å². The molecule has 0 saturated heterocycles. The Labute approximate surface area is 294 Å². The first-order valence-corrected chi connectivity index (χ1v) is 16.0. The van der Waals surface area contributed by atoms with Crippen molar-refractivity contribution in [1.29, 1.82) is 0 Å². The summed E-state index contributed by atoms with van der Waals surface area (Å²) in [6.07, 6.45) is 1.89. The van der Waals surface area contributed by atoms with E-state index in [2.05, 4.69) is 16.2 Å². The van der Waals surface area contributed by atoms with Gasteiger partial charge in [-0.1, -0.05) is 42.5 Å². The molecule has 0 aliphatic carbocycles. The fraction of sp³-hybridized carbons (Fsp3) is 0.424. The molecule has 1 atom stereocenters. The second-order valence-electron chi connectivity index (χ2n) is 11.7. The number of nitrogens with two attached hydrogens (primary N) is 1. The van der Waals surface area contributed by atoms with Gasteiger partial charge in [0.2, 0.25) is 5.91 Å². The van der Waals surface area contributed by atoms with Gasteiger partial charge in [-0.2, -0.15) is 0 Å². The molecule has 0 aliphatic heterocycles. The van der Waals surface area contributed by atoms with Crippen LogP contribution >= 0.6 is 0 Å². The number of nitrogens with zero attached hydrogens (tertiary/aromatic N) is 3. The standard InChI is InChI=1S/C33H45N7O11/c34-26(8-4-7-23-5-2-1-3-6-23)33(51)37-36-32(50)25-11-9-24(10-12-25)17-35-27(41)18-38(13-15-39(19-28(42)43)20-29(44)45)14-16-40(21-30(46)47)22-31(48)49/h1-3,5-6,9-12,26H,4,7-8,13-22,34H2,(H,35,41)(H,36,50)(H,37,51)(H,42,43)(H,44,45)(H,46,47)(H,48,49). The summed E-state index contributed by atoms with van der Waals surface area (Å²) in [5, 5.41) is 39.2.